The molecular weight excluding hydrogens is 376 g/mol. The molecule has 8 heteroatoms. The van der Waals surface area contributed by atoms with Gasteiger partial charge >= 0.3 is 0 Å². The highest BCUT2D eigenvalue weighted by Gasteiger charge is 2.10. The second kappa shape index (κ2) is 9.04. The Balaban J connectivity index is 1.38. The fourth-order valence-electron chi connectivity index (χ4n) is 3.25. The van der Waals surface area contributed by atoms with E-state index in [9.17, 15) is 0 Å². The van der Waals surface area contributed by atoms with Gasteiger partial charge in [0.25, 0.3) is 0 Å². The van der Waals surface area contributed by atoms with Crippen LogP contribution in [-0.4, -0.2) is 50.1 Å². The van der Waals surface area contributed by atoms with Crippen LogP contribution in [0.1, 0.15) is 11.4 Å². The first-order chi connectivity index (χ1) is 14.7. The molecule has 0 aliphatic heterocycles. The molecular formula is C22H24N8. The Labute approximate surface area is 175 Å². The summed E-state index contributed by atoms with van der Waals surface area (Å²) in [7, 11) is 3.77. The molecule has 4 aromatic rings. The Kier molecular flexibility index (Phi) is 5.84. The van der Waals surface area contributed by atoms with E-state index in [0.29, 0.717) is 13.1 Å². The predicted molar refractivity (Wildman–Crippen MR) is 118 cm³/mol. The fraction of sp³-hybridized carbons (Fsp3) is 0.182. The standard InChI is InChI=1S/C22H24N8/c1-23-22(25-12-16-7-6-10-18(11-16)21-26-15-27-29-21)30(2)14-20-24-13-19(28-20)17-8-4-3-5-9-17/h3-11,13,15H,12,14H2,1-2H3,(H,23,25)(H,24,28)(H,26,27,29). The minimum atomic E-state index is 0.616. The van der Waals surface area contributed by atoms with Crippen molar-refractivity contribution < 1.29 is 0 Å². The number of benzene rings is 2. The van der Waals surface area contributed by atoms with Gasteiger partial charge in [0.05, 0.1) is 18.4 Å². The van der Waals surface area contributed by atoms with E-state index in [0.717, 1.165) is 40.0 Å². The molecule has 0 aliphatic rings. The van der Waals surface area contributed by atoms with E-state index >= 15 is 0 Å². The Morgan fingerprint density at radius 2 is 1.90 bits per heavy atom. The van der Waals surface area contributed by atoms with E-state index in [1.807, 2.05) is 48.5 Å². The minimum absolute atomic E-state index is 0.616. The number of hydrogen-bond acceptors (Lipinski definition) is 4. The third kappa shape index (κ3) is 4.54. The number of aromatic amines is 2. The van der Waals surface area contributed by atoms with Gasteiger partial charge in [-0.1, -0.05) is 48.5 Å². The van der Waals surface area contributed by atoms with E-state index in [1.165, 1.54) is 6.33 Å². The number of nitrogens with one attached hydrogen (secondary N) is 3. The maximum absolute atomic E-state index is 4.51. The third-order valence-electron chi connectivity index (χ3n) is 4.74. The number of rotatable bonds is 6. The van der Waals surface area contributed by atoms with Crippen LogP contribution in [0.3, 0.4) is 0 Å². The average molecular weight is 400 g/mol. The van der Waals surface area contributed by atoms with Crippen molar-refractivity contribution in [1.29, 1.82) is 0 Å². The number of aliphatic imine (C=N–C) groups is 1. The van der Waals surface area contributed by atoms with Crippen LogP contribution in [0.4, 0.5) is 0 Å². The molecule has 8 nitrogen and oxygen atoms in total. The maximum atomic E-state index is 4.51. The summed E-state index contributed by atoms with van der Waals surface area (Å²) in [6.45, 7) is 1.26. The van der Waals surface area contributed by atoms with E-state index in [1.54, 1.807) is 7.05 Å². The summed E-state index contributed by atoms with van der Waals surface area (Å²) < 4.78 is 0. The van der Waals surface area contributed by atoms with Crippen molar-refractivity contribution in [1.82, 2.24) is 35.4 Å². The number of imidazole rings is 1. The summed E-state index contributed by atoms with van der Waals surface area (Å²) in [6, 6.07) is 18.3. The minimum Gasteiger partial charge on any atom is -0.352 e. The normalized spacial score (nSPS) is 11.5. The zero-order valence-corrected chi connectivity index (χ0v) is 17.0. The number of H-pyrrole nitrogens is 2. The number of aromatic nitrogens is 5. The van der Waals surface area contributed by atoms with Crippen LogP contribution in [0.2, 0.25) is 0 Å². The van der Waals surface area contributed by atoms with Crippen LogP contribution < -0.4 is 5.32 Å². The molecule has 0 bridgehead atoms. The van der Waals surface area contributed by atoms with Gasteiger partial charge in [0.15, 0.2) is 11.8 Å². The third-order valence-corrected chi connectivity index (χ3v) is 4.74. The molecule has 2 heterocycles. The van der Waals surface area contributed by atoms with Crippen molar-refractivity contribution in [3.8, 4) is 22.6 Å². The molecule has 0 aliphatic carbocycles. The first-order valence-corrected chi connectivity index (χ1v) is 9.68. The van der Waals surface area contributed by atoms with Gasteiger partial charge in [-0.3, -0.25) is 10.1 Å². The Morgan fingerprint density at radius 3 is 2.67 bits per heavy atom. The molecule has 0 saturated heterocycles. The first-order valence-electron chi connectivity index (χ1n) is 9.68. The van der Waals surface area contributed by atoms with E-state index in [-0.39, 0.29) is 0 Å². The van der Waals surface area contributed by atoms with Crippen LogP contribution in [0.15, 0.2) is 72.1 Å². The first kappa shape index (κ1) is 19.4. The SMILES string of the molecule is CN=C(NCc1cccc(-c2ncn[nH]2)c1)N(C)Cc1ncc(-c2ccccc2)[nH]1. The van der Waals surface area contributed by atoms with Gasteiger partial charge < -0.3 is 15.2 Å². The summed E-state index contributed by atoms with van der Waals surface area (Å²) in [5.41, 5.74) is 4.25. The van der Waals surface area contributed by atoms with Crippen LogP contribution >= 0.6 is 0 Å². The topological polar surface area (TPSA) is 97.9 Å². The van der Waals surface area contributed by atoms with Crippen molar-refractivity contribution in [2.24, 2.45) is 4.99 Å². The molecule has 0 spiro atoms. The van der Waals surface area contributed by atoms with E-state index in [4.69, 9.17) is 0 Å². The van der Waals surface area contributed by atoms with Gasteiger partial charge in [-0.2, -0.15) is 5.10 Å². The molecule has 2 aromatic carbocycles. The van der Waals surface area contributed by atoms with Gasteiger partial charge in [-0.05, 0) is 17.2 Å². The highest BCUT2D eigenvalue weighted by atomic mass is 15.3. The lowest BCUT2D eigenvalue weighted by molar-refractivity contribution is 0.464. The van der Waals surface area contributed by atoms with Gasteiger partial charge in [0, 0.05) is 26.2 Å². The van der Waals surface area contributed by atoms with E-state index in [2.05, 4.69) is 59.7 Å². The Morgan fingerprint density at radius 1 is 1.07 bits per heavy atom. The zero-order valence-electron chi connectivity index (χ0n) is 17.0. The molecule has 4 rings (SSSR count). The molecule has 0 radical (unpaired) electrons. The summed E-state index contributed by atoms with van der Waals surface area (Å²) >= 11 is 0. The summed E-state index contributed by atoms with van der Waals surface area (Å²) in [4.78, 5) is 18.5. The number of guanidine groups is 1. The van der Waals surface area contributed by atoms with Gasteiger partial charge in [0.1, 0.15) is 12.2 Å². The molecule has 0 saturated carbocycles. The molecule has 0 unspecified atom stereocenters. The van der Waals surface area contributed by atoms with Crippen LogP contribution in [0.5, 0.6) is 0 Å². The smallest absolute Gasteiger partial charge is 0.194 e. The zero-order chi connectivity index (χ0) is 20.8. The van der Waals surface area contributed by atoms with Crippen LogP contribution in [0, 0.1) is 0 Å². The average Bonchev–Trinajstić information content (AvgIpc) is 3.48. The second-order valence-corrected chi connectivity index (χ2v) is 6.90. The van der Waals surface area contributed by atoms with E-state index < -0.39 is 0 Å². The monoisotopic (exact) mass is 400 g/mol. The van der Waals surface area contributed by atoms with Crippen molar-refractivity contribution in [2.75, 3.05) is 14.1 Å². The molecule has 0 amide bonds. The molecule has 2 aromatic heterocycles. The summed E-state index contributed by atoms with van der Waals surface area (Å²) in [5.74, 6) is 2.43. The second-order valence-electron chi connectivity index (χ2n) is 6.90. The van der Waals surface area contributed by atoms with Gasteiger partial charge in [-0.15, -0.1) is 0 Å². The highest BCUT2D eigenvalue weighted by molar-refractivity contribution is 5.79. The Hall–Kier alpha value is -3.94. The molecule has 0 atom stereocenters. The fourth-order valence-corrected chi connectivity index (χ4v) is 3.25. The van der Waals surface area contributed by atoms with Crippen molar-refractivity contribution >= 4 is 5.96 Å². The number of hydrogen-bond donors (Lipinski definition) is 3. The maximum Gasteiger partial charge on any atom is 0.194 e. The van der Waals surface area contributed by atoms with Crippen LogP contribution in [-0.2, 0) is 13.1 Å². The lowest BCUT2D eigenvalue weighted by atomic mass is 10.1. The van der Waals surface area contributed by atoms with Gasteiger partial charge in [-0.25, -0.2) is 9.97 Å². The Bertz CT molecular complexity index is 1100. The quantitative estimate of drug-likeness (QED) is 0.341. The lowest BCUT2D eigenvalue weighted by Gasteiger charge is -2.21. The summed E-state index contributed by atoms with van der Waals surface area (Å²) in [6.07, 6.45) is 3.37. The largest absolute Gasteiger partial charge is 0.352 e. The van der Waals surface area contributed by atoms with Crippen molar-refractivity contribution in [2.45, 2.75) is 13.1 Å². The van der Waals surface area contributed by atoms with Crippen molar-refractivity contribution in [3.05, 3.63) is 78.5 Å². The predicted octanol–water partition coefficient (Wildman–Crippen LogP) is 3.07. The molecule has 3 N–H and O–H groups in total. The van der Waals surface area contributed by atoms with Gasteiger partial charge in [0.2, 0.25) is 0 Å². The molecule has 152 valence electrons. The molecule has 30 heavy (non-hydrogen) atoms. The highest BCUT2D eigenvalue weighted by Crippen LogP contribution is 2.17. The van der Waals surface area contributed by atoms with Crippen molar-refractivity contribution in [3.63, 3.8) is 0 Å². The lowest BCUT2D eigenvalue weighted by Crippen LogP contribution is -2.38. The summed E-state index contributed by atoms with van der Waals surface area (Å²) in [5, 5.41) is 10.2. The molecule has 0 fully saturated rings. The van der Waals surface area contributed by atoms with Crippen LogP contribution in [0.25, 0.3) is 22.6 Å². The number of nitrogens with zero attached hydrogens (tertiary/aromatic N) is 5.